The Kier molecular flexibility index (Phi) is 4.51. The number of amides is 1. The molecule has 0 aliphatic carbocycles. The maximum atomic E-state index is 11.9. The van der Waals surface area contributed by atoms with E-state index in [0.29, 0.717) is 23.1 Å². The highest BCUT2D eigenvalue weighted by Crippen LogP contribution is 2.20. The Morgan fingerprint density at radius 2 is 1.92 bits per heavy atom. The van der Waals surface area contributed by atoms with Crippen LogP contribution in [-0.2, 0) is 0 Å². The third-order valence-corrected chi connectivity index (χ3v) is 3.29. The molecule has 0 aliphatic heterocycles. The Morgan fingerprint density at radius 1 is 1.12 bits per heavy atom. The minimum absolute atomic E-state index is 0.205. The first-order valence-electron chi connectivity index (χ1n) is 7.54. The van der Waals surface area contributed by atoms with Crippen LogP contribution in [0.5, 0.6) is 5.75 Å². The largest absolute Gasteiger partial charge is 0.418 e. The molecule has 0 spiro atoms. The van der Waals surface area contributed by atoms with Gasteiger partial charge in [-0.25, -0.2) is 9.78 Å². The van der Waals surface area contributed by atoms with Gasteiger partial charge < -0.3 is 9.30 Å². The minimum Gasteiger partial charge on any atom is -0.410 e. The van der Waals surface area contributed by atoms with Crippen molar-refractivity contribution in [2.75, 3.05) is 5.32 Å². The molecule has 7 nitrogen and oxygen atoms in total. The van der Waals surface area contributed by atoms with Gasteiger partial charge >= 0.3 is 6.09 Å². The number of ether oxygens (including phenoxy) is 1. The summed E-state index contributed by atoms with van der Waals surface area (Å²) in [7, 11) is 0. The van der Waals surface area contributed by atoms with E-state index in [1.54, 1.807) is 42.7 Å². The van der Waals surface area contributed by atoms with Crippen molar-refractivity contribution in [2.45, 2.75) is 19.9 Å². The van der Waals surface area contributed by atoms with Crippen LogP contribution in [0.25, 0.3) is 11.5 Å². The number of benzene rings is 1. The first kappa shape index (κ1) is 15.7. The number of nitrogens with one attached hydrogen (secondary N) is 1. The summed E-state index contributed by atoms with van der Waals surface area (Å²) in [6.07, 6.45) is 1.06. The molecule has 0 fully saturated rings. The average molecular weight is 323 g/mol. The molecule has 24 heavy (non-hydrogen) atoms. The molecule has 0 bridgehead atoms. The molecule has 122 valence electrons. The summed E-state index contributed by atoms with van der Waals surface area (Å²) >= 11 is 0. The van der Waals surface area contributed by atoms with Crippen molar-refractivity contribution in [3.05, 3.63) is 54.9 Å². The molecule has 1 N–H and O–H groups in total. The molecular formula is C17H17N5O2. The molecule has 0 saturated carbocycles. The Bertz CT molecular complexity index is 830. The number of para-hydroxylation sites is 1. The van der Waals surface area contributed by atoms with Crippen LogP contribution < -0.4 is 10.1 Å². The Morgan fingerprint density at radius 3 is 2.67 bits per heavy atom. The van der Waals surface area contributed by atoms with Crippen molar-refractivity contribution in [3.8, 4) is 17.3 Å². The van der Waals surface area contributed by atoms with Gasteiger partial charge in [0.2, 0.25) is 0 Å². The summed E-state index contributed by atoms with van der Waals surface area (Å²) in [6, 6.07) is 14.3. The highest BCUT2D eigenvalue weighted by atomic mass is 16.6. The van der Waals surface area contributed by atoms with Gasteiger partial charge in [0.05, 0.1) is 0 Å². The van der Waals surface area contributed by atoms with Crippen LogP contribution >= 0.6 is 0 Å². The van der Waals surface area contributed by atoms with Crippen LogP contribution in [0.3, 0.4) is 0 Å². The smallest absolute Gasteiger partial charge is 0.410 e. The normalized spacial score (nSPS) is 10.6. The lowest BCUT2D eigenvalue weighted by molar-refractivity contribution is 0.215. The minimum atomic E-state index is -0.601. The second-order valence-electron chi connectivity index (χ2n) is 5.39. The number of carbonyl (C=O) groups is 1. The SMILES string of the molecule is CC(C)n1cnnc1-c1cccc(NC(=O)Oc2ccccc2)n1. The fourth-order valence-corrected chi connectivity index (χ4v) is 2.16. The lowest BCUT2D eigenvalue weighted by atomic mass is 10.3. The van der Waals surface area contributed by atoms with Crippen LogP contribution in [0.4, 0.5) is 10.6 Å². The highest BCUT2D eigenvalue weighted by Gasteiger charge is 2.12. The Balaban J connectivity index is 1.76. The van der Waals surface area contributed by atoms with E-state index in [-0.39, 0.29) is 6.04 Å². The molecule has 0 saturated heterocycles. The van der Waals surface area contributed by atoms with Crippen molar-refractivity contribution >= 4 is 11.9 Å². The second-order valence-corrected chi connectivity index (χ2v) is 5.39. The van der Waals surface area contributed by atoms with E-state index in [0.717, 1.165) is 0 Å². The zero-order chi connectivity index (χ0) is 16.9. The van der Waals surface area contributed by atoms with Gasteiger partial charge in [-0.1, -0.05) is 24.3 Å². The van der Waals surface area contributed by atoms with Gasteiger partial charge in [0.1, 0.15) is 23.6 Å². The molecule has 0 radical (unpaired) electrons. The fourth-order valence-electron chi connectivity index (χ4n) is 2.16. The summed E-state index contributed by atoms with van der Waals surface area (Å²) in [5, 5.41) is 10.6. The maximum Gasteiger partial charge on any atom is 0.418 e. The topological polar surface area (TPSA) is 81.9 Å². The van der Waals surface area contributed by atoms with Gasteiger partial charge in [-0.15, -0.1) is 10.2 Å². The Hall–Kier alpha value is -3.22. The summed E-state index contributed by atoms with van der Waals surface area (Å²) in [6.45, 7) is 4.07. The maximum absolute atomic E-state index is 11.9. The molecule has 1 amide bonds. The van der Waals surface area contributed by atoms with E-state index >= 15 is 0 Å². The molecule has 0 atom stereocenters. The van der Waals surface area contributed by atoms with Crippen molar-refractivity contribution < 1.29 is 9.53 Å². The van der Waals surface area contributed by atoms with E-state index < -0.39 is 6.09 Å². The number of hydrogen-bond donors (Lipinski definition) is 1. The molecule has 2 heterocycles. The van der Waals surface area contributed by atoms with E-state index in [2.05, 4.69) is 20.5 Å². The number of carbonyl (C=O) groups excluding carboxylic acids is 1. The van der Waals surface area contributed by atoms with Crippen LogP contribution in [0, 0.1) is 0 Å². The molecule has 0 unspecified atom stereocenters. The Labute approximate surface area is 139 Å². The zero-order valence-electron chi connectivity index (χ0n) is 13.4. The van der Waals surface area contributed by atoms with Crippen molar-refractivity contribution in [1.29, 1.82) is 0 Å². The van der Waals surface area contributed by atoms with Crippen LogP contribution in [0.2, 0.25) is 0 Å². The molecule has 3 aromatic rings. The number of hydrogen-bond acceptors (Lipinski definition) is 5. The lowest BCUT2D eigenvalue weighted by Crippen LogP contribution is -2.17. The quantitative estimate of drug-likeness (QED) is 0.794. The predicted molar refractivity (Wildman–Crippen MR) is 89.7 cm³/mol. The third kappa shape index (κ3) is 3.57. The van der Waals surface area contributed by atoms with Crippen molar-refractivity contribution in [3.63, 3.8) is 0 Å². The number of aromatic nitrogens is 4. The van der Waals surface area contributed by atoms with Crippen LogP contribution in [0.1, 0.15) is 19.9 Å². The zero-order valence-corrected chi connectivity index (χ0v) is 13.4. The molecule has 3 rings (SSSR count). The second kappa shape index (κ2) is 6.91. The third-order valence-electron chi connectivity index (χ3n) is 3.29. The first-order chi connectivity index (χ1) is 11.6. The summed E-state index contributed by atoms with van der Waals surface area (Å²) in [5.74, 6) is 1.49. The summed E-state index contributed by atoms with van der Waals surface area (Å²) in [5.41, 5.74) is 0.624. The van der Waals surface area contributed by atoms with E-state index in [9.17, 15) is 4.79 Å². The van der Waals surface area contributed by atoms with Gasteiger partial charge in [-0.05, 0) is 38.1 Å². The first-order valence-corrected chi connectivity index (χ1v) is 7.54. The van der Waals surface area contributed by atoms with Crippen molar-refractivity contribution in [2.24, 2.45) is 0 Å². The summed E-state index contributed by atoms with van der Waals surface area (Å²) in [4.78, 5) is 16.4. The van der Waals surface area contributed by atoms with Gasteiger partial charge in [0.15, 0.2) is 5.82 Å². The van der Waals surface area contributed by atoms with Gasteiger partial charge in [-0.2, -0.15) is 0 Å². The monoisotopic (exact) mass is 323 g/mol. The summed E-state index contributed by atoms with van der Waals surface area (Å²) < 4.78 is 7.10. The van der Waals surface area contributed by atoms with Gasteiger partial charge in [0.25, 0.3) is 0 Å². The number of pyridine rings is 1. The molecular weight excluding hydrogens is 306 g/mol. The standard InChI is InChI=1S/C17H17N5O2/c1-12(2)22-11-18-21-16(22)14-9-6-10-15(19-14)20-17(23)24-13-7-4-3-5-8-13/h3-12H,1-2H3,(H,19,20,23). The fraction of sp³-hybridized carbons (Fsp3) is 0.176. The molecule has 0 aliphatic rings. The lowest BCUT2D eigenvalue weighted by Gasteiger charge is -2.10. The number of anilines is 1. The van der Waals surface area contributed by atoms with Gasteiger partial charge in [-0.3, -0.25) is 5.32 Å². The number of rotatable bonds is 4. The number of nitrogens with zero attached hydrogens (tertiary/aromatic N) is 4. The molecule has 1 aromatic carbocycles. The predicted octanol–water partition coefficient (Wildman–Crippen LogP) is 3.53. The van der Waals surface area contributed by atoms with E-state index in [1.165, 1.54) is 0 Å². The molecule has 2 aromatic heterocycles. The molecule has 7 heteroatoms. The van der Waals surface area contributed by atoms with Crippen LogP contribution in [0.15, 0.2) is 54.9 Å². The average Bonchev–Trinajstić information content (AvgIpc) is 3.06. The van der Waals surface area contributed by atoms with E-state index in [4.69, 9.17) is 4.74 Å². The van der Waals surface area contributed by atoms with Crippen LogP contribution in [-0.4, -0.2) is 25.8 Å². The highest BCUT2D eigenvalue weighted by molar-refractivity contribution is 5.85. The van der Waals surface area contributed by atoms with Crippen molar-refractivity contribution in [1.82, 2.24) is 19.7 Å². The van der Waals surface area contributed by atoms with E-state index in [1.807, 2.05) is 30.5 Å². The van der Waals surface area contributed by atoms with Gasteiger partial charge in [0, 0.05) is 6.04 Å².